The van der Waals surface area contributed by atoms with Gasteiger partial charge >= 0.3 is 11.9 Å². The van der Waals surface area contributed by atoms with Crippen molar-refractivity contribution >= 4 is 57.1 Å². The predicted octanol–water partition coefficient (Wildman–Crippen LogP) is 3.17. The van der Waals surface area contributed by atoms with Crippen molar-refractivity contribution in [1.29, 1.82) is 0 Å². The summed E-state index contributed by atoms with van der Waals surface area (Å²) in [6.45, 7) is 5.06. The van der Waals surface area contributed by atoms with Crippen molar-refractivity contribution in [3.8, 4) is 0 Å². The van der Waals surface area contributed by atoms with E-state index in [1.54, 1.807) is 13.0 Å². The lowest BCUT2D eigenvalue weighted by Gasteiger charge is -2.07. The molecular formula is C13H12I2O4. The molecule has 1 rings (SSSR count). The van der Waals surface area contributed by atoms with Crippen LogP contribution in [0, 0.1) is 7.14 Å². The first kappa shape index (κ1) is 16.4. The van der Waals surface area contributed by atoms with Crippen LogP contribution in [0.5, 0.6) is 0 Å². The standard InChI is InChI=1S/C13H12I2O4/c1-8(2)12(16)18-5-6-19-13(17)10-7-9(14)3-4-11(10)15/h3-4,7H,1,5-6H2,2H3. The first-order valence-electron chi connectivity index (χ1n) is 5.36. The summed E-state index contributed by atoms with van der Waals surface area (Å²) < 4.78 is 11.6. The molecule has 0 amide bonds. The molecule has 1 aromatic rings. The van der Waals surface area contributed by atoms with Gasteiger partial charge in [0.2, 0.25) is 0 Å². The van der Waals surface area contributed by atoms with E-state index in [-0.39, 0.29) is 13.2 Å². The fourth-order valence-corrected chi connectivity index (χ4v) is 2.17. The van der Waals surface area contributed by atoms with E-state index < -0.39 is 11.9 Å². The molecule has 0 saturated heterocycles. The highest BCUT2D eigenvalue weighted by molar-refractivity contribution is 14.1. The third-order valence-corrected chi connectivity index (χ3v) is 3.66. The molecule has 19 heavy (non-hydrogen) atoms. The van der Waals surface area contributed by atoms with Gasteiger partial charge in [-0.2, -0.15) is 0 Å². The molecule has 0 bridgehead atoms. The SMILES string of the molecule is C=C(C)C(=O)OCCOC(=O)c1cc(I)ccc1I. The molecule has 0 heterocycles. The summed E-state index contributed by atoms with van der Waals surface area (Å²) in [7, 11) is 0. The molecular weight excluding hydrogens is 474 g/mol. The summed E-state index contributed by atoms with van der Waals surface area (Å²) in [5, 5.41) is 0. The molecule has 1 aromatic carbocycles. The molecule has 4 nitrogen and oxygen atoms in total. The summed E-state index contributed by atoms with van der Waals surface area (Å²) in [5.74, 6) is -0.908. The number of hydrogen-bond donors (Lipinski definition) is 0. The Labute approximate surface area is 138 Å². The van der Waals surface area contributed by atoms with Crippen molar-refractivity contribution in [2.24, 2.45) is 0 Å². The van der Waals surface area contributed by atoms with Crippen LogP contribution < -0.4 is 0 Å². The molecule has 0 spiro atoms. The maximum Gasteiger partial charge on any atom is 0.339 e. The zero-order chi connectivity index (χ0) is 14.4. The van der Waals surface area contributed by atoms with Crippen molar-refractivity contribution in [2.75, 3.05) is 13.2 Å². The van der Waals surface area contributed by atoms with Crippen LogP contribution in [0.2, 0.25) is 0 Å². The van der Waals surface area contributed by atoms with E-state index in [9.17, 15) is 9.59 Å². The van der Waals surface area contributed by atoms with E-state index in [0.717, 1.165) is 7.14 Å². The number of halogens is 2. The summed E-state index contributed by atoms with van der Waals surface area (Å²) in [6.07, 6.45) is 0. The quantitative estimate of drug-likeness (QED) is 0.278. The average Bonchev–Trinajstić information content (AvgIpc) is 2.36. The fourth-order valence-electron chi connectivity index (χ4n) is 1.12. The summed E-state index contributed by atoms with van der Waals surface area (Å²) in [6, 6.07) is 5.51. The predicted molar refractivity (Wildman–Crippen MR) is 87.9 cm³/mol. The van der Waals surface area contributed by atoms with Crippen molar-refractivity contribution in [1.82, 2.24) is 0 Å². The first-order chi connectivity index (χ1) is 8.91. The van der Waals surface area contributed by atoms with E-state index in [4.69, 9.17) is 9.47 Å². The van der Waals surface area contributed by atoms with Crippen LogP contribution in [0.15, 0.2) is 30.4 Å². The summed E-state index contributed by atoms with van der Waals surface area (Å²) in [5.41, 5.74) is 0.831. The number of hydrogen-bond acceptors (Lipinski definition) is 4. The van der Waals surface area contributed by atoms with Crippen LogP contribution in [0.3, 0.4) is 0 Å². The van der Waals surface area contributed by atoms with E-state index in [1.807, 2.05) is 12.1 Å². The fraction of sp³-hybridized carbons (Fsp3) is 0.231. The summed E-state index contributed by atoms with van der Waals surface area (Å²) >= 11 is 4.20. The molecule has 0 aliphatic carbocycles. The molecule has 0 N–H and O–H groups in total. The Morgan fingerprint density at radius 2 is 1.84 bits per heavy atom. The zero-order valence-electron chi connectivity index (χ0n) is 10.2. The van der Waals surface area contributed by atoms with Crippen molar-refractivity contribution in [2.45, 2.75) is 6.92 Å². The van der Waals surface area contributed by atoms with Gasteiger partial charge in [-0.1, -0.05) is 6.58 Å². The van der Waals surface area contributed by atoms with Crippen LogP contribution in [0.4, 0.5) is 0 Å². The Morgan fingerprint density at radius 3 is 2.47 bits per heavy atom. The molecule has 0 saturated carbocycles. The van der Waals surface area contributed by atoms with Crippen LogP contribution in [-0.2, 0) is 14.3 Å². The Balaban J connectivity index is 2.46. The van der Waals surface area contributed by atoms with Gasteiger partial charge in [-0.15, -0.1) is 0 Å². The Morgan fingerprint density at radius 1 is 1.21 bits per heavy atom. The van der Waals surface area contributed by atoms with E-state index in [2.05, 4.69) is 51.8 Å². The molecule has 0 aromatic heterocycles. The van der Waals surface area contributed by atoms with Gasteiger partial charge in [0, 0.05) is 12.7 Å². The van der Waals surface area contributed by atoms with Gasteiger partial charge < -0.3 is 9.47 Å². The van der Waals surface area contributed by atoms with Gasteiger partial charge in [-0.25, -0.2) is 9.59 Å². The zero-order valence-corrected chi connectivity index (χ0v) is 14.6. The lowest BCUT2D eigenvalue weighted by Crippen LogP contribution is -2.15. The average molecular weight is 486 g/mol. The minimum absolute atomic E-state index is 0.0257. The van der Waals surface area contributed by atoms with Gasteiger partial charge in [0.25, 0.3) is 0 Å². The Kier molecular flexibility index (Phi) is 6.76. The molecule has 0 radical (unpaired) electrons. The van der Waals surface area contributed by atoms with E-state index in [0.29, 0.717) is 11.1 Å². The molecule has 102 valence electrons. The topological polar surface area (TPSA) is 52.6 Å². The second-order valence-corrected chi connectivity index (χ2v) is 6.08. The van der Waals surface area contributed by atoms with E-state index >= 15 is 0 Å². The van der Waals surface area contributed by atoms with Gasteiger partial charge in [0.05, 0.1) is 5.56 Å². The van der Waals surface area contributed by atoms with Crippen LogP contribution in [0.25, 0.3) is 0 Å². The van der Waals surface area contributed by atoms with Crippen LogP contribution >= 0.6 is 45.2 Å². The monoisotopic (exact) mass is 486 g/mol. The highest BCUT2D eigenvalue weighted by Gasteiger charge is 2.12. The minimum Gasteiger partial charge on any atom is -0.459 e. The lowest BCUT2D eigenvalue weighted by atomic mass is 10.2. The molecule has 6 heteroatoms. The molecule has 0 unspecified atom stereocenters. The molecule has 0 fully saturated rings. The van der Waals surface area contributed by atoms with Gasteiger partial charge in [-0.3, -0.25) is 0 Å². The van der Waals surface area contributed by atoms with Crippen LogP contribution in [0.1, 0.15) is 17.3 Å². The maximum absolute atomic E-state index is 11.8. The smallest absolute Gasteiger partial charge is 0.339 e. The number of benzene rings is 1. The normalized spacial score (nSPS) is 9.84. The minimum atomic E-state index is -0.486. The number of ether oxygens (including phenoxy) is 2. The first-order valence-corrected chi connectivity index (χ1v) is 7.52. The Hall–Kier alpha value is -0.640. The van der Waals surface area contributed by atoms with Gasteiger partial charge in [0.15, 0.2) is 0 Å². The number of carbonyl (C=O) groups is 2. The summed E-state index contributed by atoms with van der Waals surface area (Å²) in [4.78, 5) is 22.9. The Bertz CT molecular complexity index is 511. The molecule has 0 aliphatic rings. The second-order valence-electron chi connectivity index (χ2n) is 3.68. The van der Waals surface area contributed by atoms with Crippen molar-refractivity contribution in [3.63, 3.8) is 0 Å². The van der Waals surface area contributed by atoms with E-state index in [1.165, 1.54) is 0 Å². The van der Waals surface area contributed by atoms with Gasteiger partial charge in [-0.05, 0) is 70.3 Å². The lowest BCUT2D eigenvalue weighted by molar-refractivity contribution is -0.140. The number of carbonyl (C=O) groups excluding carboxylic acids is 2. The third kappa shape index (κ3) is 5.47. The van der Waals surface area contributed by atoms with Crippen molar-refractivity contribution in [3.05, 3.63) is 43.1 Å². The van der Waals surface area contributed by atoms with Gasteiger partial charge in [0.1, 0.15) is 13.2 Å². The number of rotatable bonds is 5. The molecule has 0 aliphatic heterocycles. The number of esters is 2. The highest BCUT2D eigenvalue weighted by Crippen LogP contribution is 2.16. The maximum atomic E-state index is 11.8. The third-order valence-electron chi connectivity index (χ3n) is 2.05. The van der Waals surface area contributed by atoms with Crippen molar-refractivity contribution < 1.29 is 19.1 Å². The highest BCUT2D eigenvalue weighted by atomic mass is 127. The van der Waals surface area contributed by atoms with Crippen LogP contribution in [-0.4, -0.2) is 25.2 Å². The second kappa shape index (κ2) is 7.83. The largest absolute Gasteiger partial charge is 0.459 e. The molecule has 0 atom stereocenters.